The lowest BCUT2D eigenvalue weighted by atomic mass is 10.2. The number of fused-ring (bicyclic) bond motifs is 3. The van der Waals surface area contributed by atoms with Crippen LogP contribution in [-0.2, 0) is 26.9 Å². The Morgan fingerprint density at radius 2 is 2.14 bits per heavy atom. The molecule has 148 valence electrons. The molecular weight excluding hydrogens is 386 g/mol. The van der Waals surface area contributed by atoms with Crippen molar-refractivity contribution in [1.29, 1.82) is 0 Å². The summed E-state index contributed by atoms with van der Waals surface area (Å²) in [6.45, 7) is 0.590. The molecule has 9 heteroatoms. The summed E-state index contributed by atoms with van der Waals surface area (Å²) in [7, 11) is 3.85. The van der Waals surface area contributed by atoms with Crippen LogP contribution < -0.4 is 0 Å². The first-order chi connectivity index (χ1) is 14.1. The molecule has 0 radical (unpaired) electrons. The lowest BCUT2D eigenvalue weighted by Crippen LogP contribution is -2.31. The third kappa shape index (κ3) is 3.22. The van der Waals surface area contributed by atoms with Crippen LogP contribution in [0, 0.1) is 0 Å². The van der Waals surface area contributed by atoms with E-state index in [4.69, 9.17) is 4.98 Å². The fourth-order valence-electron chi connectivity index (χ4n) is 3.70. The number of nitrogens with zero attached hydrogens (tertiary/aromatic N) is 7. The van der Waals surface area contributed by atoms with Crippen LogP contribution in [0.1, 0.15) is 33.8 Å². The third-order valence-corrected chi connectivity index (χ3v) is 6.24. The highest BCUT2D eigenvalue weighted by Gasteiger charge is 2.30. The minimum Gasteiger partial charge on any atom is -0.367 e. The number of hydrogen-bond donors (Lipinski definition) is 1. The quantitative estimate of drug-likeness (QED) is 0.548. The van der Waals surface area contributed by atoms with Crippen LogP contribution in [0.5, 0.6) is 0 Å². The molecule has 4 aromatic heterocycles. The maximum absolute atomic E-state index is 10.9. The van der Waals surface area contributed by atoms with E-state index in [1.165, 1.54) is 0 Å². The van der Waals surface area contributed by atoms with Crippen molar-refractivity contribution in [2.75, 3.05) is 6.54 Å². The van der Waals surface area contributed by atoms with Crippen molar-refractivity contribution in [3.05, 3.63) is 64.3 Å². The molecule has 0 bridgehead atoms. The monoisotopic (exact) mass is 407 g/mol. The summed E-state index contributed by atoms with van der Waals surface area (Å²) in [4.78, 5) is 8.99. The van der Waals surface area contributed by atoms with E-state index in [1.807, 2.05) is 49.4 Å². The normalized spacial score (nSPS) is 16.0. The Hall–Kier alpha value is -3.04. The van der Waals surface area contributed by atoms with Crippen LogP contribution in [-0.4, -0.2) is 47.2 Å². The number of aliphatic hydroxyl groups excluding tert-OH is 1. The number of rotatable bonds is 5. The van der Waals surface area contributed by atoms with Crippen molar-refractivity contribution < 1.29 is 5.11 Å². The molecule has 1 aliphatic rings. The predicted octanol–water partition coefficient (Wildman–Crippen LogP) is 2.24. The van der Waals surface area contributed by atoms with E-state index in [0.29, 0.717) is 6.54 Å². The van der Waals surface area contributed by atoms with Crippen molar-refractivity contribution in [2.24, 2.45) is 19.2 Å². The van der Waals surface area contributed by atoms with Gasteiger partial charge >= 0.3 is 0 Å². The Labute approximate surface area is 171 Å². The highest BCUT2D eigenvalue weighted by atomic mass is 32.1. The molecule has 0 fully saturated rings. The van der Waals surface area contributed by atoms with Gasteiger partial charge in [0.1, 0.15) is 5.01 Å². The molecule has 4 aromatic rings. The second kappa shape index (κ2) is 7.09. The van der Waals surface area contributed by atoms with Gasteiger partial charge in [-0.25, -0.2) is 4.98 Å². The van der Waals surface area contributed by atoms with Gasteiger partial charge in [-0.05, 0) is 17.7 Å². The maximum atomic E-state index is 10.9. The third-order valence-electron chi connectivity index (χ3n) is 5.16. The number of pyridine rings is 1. The number of hydrogen-bond acceptors (Lipinski definition) is 7. The molecule has 1 unspecified atom stereocenters. The van der Waals surface area contributed by atoms with Crippen LogP contribution >= 0.6 is 11.3 Å². The zero-order valence-electron chi connectivity index (χ0n) is 16.2. The first kappa shape index (κ1) is 18.0. The topological polar surface area (TPSA) is 84.4 Å². The average molecular weight is 408 g/mol. The average Bonchev–Trinajstić information content (AvgIpc) is 3.39. The molecular formula is C20H21N7OS. The van der Waals surface area contributed by atoms with Crippen molar-refractivity contribution in [3.63, 3.8) is 0 Å². The van der Waals surface area contributed by atoms with Gasteiger partial charge in [0.05, 0.1) is 22.3 Å². The summed E-state index contributed by atoms with van der Waals surface area (Å²) in [5.41, 5.74) is 4.79. The molecule has 29 heavy (non-hydrogen) atoms. The minimum absolute atomic E-state index is 0.590. The molecule has 0 saturated heterocycles. The van der Waals surface area contributed by atoms with Crippen molar-refractivity contribution >= 4 is 27.9 Å². The Morgan fingerprint density at radius 3 is 2.90 bits per heavy atom. The highest BCUT2D eigenvalue weighted by Crippen LogP contribution is 2.36. The molecule has 1 atom stereocenters. The van der Waals surface area contributed by atoms with E-state index in [2.05, 4.69) is 21.3 Å². The van der Waals surface area contributed by atoms with Gasteiger partial charge in [0.25, 0.3) is 0 Å². The van der Waals surface area contributed by atoms with Gasteiger partial charge < -0.3 is 9.67 Å². The summed E-state index contributed by atoms with van der Waals surface area (Å²) in [6.07, 6.45) is 8.07. The standard InChI is InChI=1S/C20H21N7OS/c1-25-8-5-14(24-25)6-9-27-20(28)17-15(12-22-27)18-19(26(17)2)23-16(29-18)10-13-4-3-7-21-11-13/h3-5,7-8,11-12,20,28H,6,9-10H2,1-2H3. The lowest BCUT2D eigenvalue weighted by molar-refractivity contribution is -0.00347. The van der Waals surface area contributed by atoms with Gasteiger partial charge in [0, 0.05) is 57.6 Å². The highest BCUT2D eigenvalue weighted by molar-refractivity contribution is 7.19. The van der Waals surface area contributed by atoms with Crippen molar-refractivity contribution in [3.8, 4) is 0 Å². The SMILES string of the molecule is Cn1ccc(CCN2N=Cc3c(n(C)c4nc(Cc5cccnc5)sc34)C2O)n1. The number of hydrazone groups is 1. The summed E-state index contributed by atoms with van der Waals surface area (Å²) in [6, 6.07) is 5.98. The summed E-state index contributed by atoms with van der Waals surface area (Å²) < 4.78 is 4.83. The van der Waals surface area contributed by atoms with Crippen molar-refractivity contribution in [2.45, 2.75) is 19.1 Å². The fourth-order valence-corrected chi connectivity index (χ4v) is 4.85. The summed E-state index contributed by atoms with van der Waals surface area (Å²) >= 11 is 1.65. The van der Waals surface area contributed by atoms with Crippen LogP contribution in [0.15, 0.2) is 41.9 Å². The second-order valence-corrected chi connectivity index (χ2v) is 8.25. The molecule has 0 aliphatic carbocycles. The summed E-state index contributed by atoms with van der Waals surface area (Å²) in [5, 5.41) is 22.6. The molecule has 5 heterocycles. The maximum Gasteiger partial charge on any atom is 0.184 e. The van der Waals surface area contributed by atoms with Crippen molar-refractivity contribution in [1.82, 2.24) is 29.3 Å². The zero-order chi connectivity index (χ0) is 20.0. The molecule has 0 amide bonds. The van der Waals surface area contributed by atoms with Gasteiger partial charge in [-0.15, -0.1) is 11.3 Å². The Morgan fingerprint density at radius 1 is 1.24 bits per heavy atom. The number of aliphatic hydroxyl groups is 1. The molecule has 0 saturated carbocycles. The van der Waals surface area contributed by atoms with Gasteiger partial charge in [0.15, 0.2) is 11.9 Å². The molecule has 1 N–H and O–H groups in total. The minimum atomic E-state index is -0.799. The van der Waals surface area contributed by atoms with E-state index in [9.17, 15) is 5.11 Å². The molecule has 0 aromatic carbocycles. The Balaban J connectivity index is 1.40. The van der Waals surface area contributed by atoms with Gasteiger partial charge in [-0.2, -0.15) is 10.2 Å². The van der Waals surface area contributed by atoms with Crippen LogP contribution in [0.2, 0.25) is 0 Å². The zero-order valence-corrected chi connectivity index (χ0v) is 17.0. The Kier molecular flexibility index (Phi) is 4.40. The lowest BCUT2D eigenvalue weighted by Gasteiger charge is -2.28. The number of thiazole rings is 1. The van der Waals surface area contributed by atoms with E-state index in [-0.39, 0.29) is 0 Å². The first-order valence-corrected chi connectivity index (χ1v) is 10.3. The molecule has 5 rings (SSSR count). The molecule has 8 nitrogen and oxygen atoms in total. The second-order valence-electron chi connectivity index (χ2n) is 7.17. The smallest absolute Gasteiger partial charge is 0.184 e. The van der Waals surface area contributed by atoms with E-state index in [0.717, 1.165) is 50.7 Å². The number of aryl methyl sites for hydroxylation is 2. The van der Waals surface area contributed by atoms with E-state index >= 15 is 0 Å². The molecule has 1 aliphatic heterocycles. The summed E-state index contributed by atoms with van der Waals surface area (Å²) in [5.74, 6) is 0. The van der Waals surface area contributed by atoms with E-state index < -0.39 is 6.23 Å². The van der Waals surface area contributed by atoms with E-state index in [1.54, 1.807) is 27.2 Å². The largest absolute Gasteiger partial charge is 0.367 e. The molecule has 0 spiro atoms. The van der Waals surface area contributed by atoms with Crippen LogP contribution in [0.4, 0.5) is 0 Å². The van der Waals surface area contributed by atoms with Gasteiger partial charge in [-0.3, -0.25) is 14.7 Å². The van der Waals surface area contributed by atoms with Crippen LogP contribution in [0.25, 0.3) is 10.3 Å². The predicted molar refractivity (Wildman–Crippen MR) is 112 cm³/mol. The first-order valence-electron chi connectivity index (χ1n) is 9.44. The van der Waals surface area contributed by atoms with Gasteiger partial charge in [0.2, 0.25) is 0 Å². The van der Waals surface area contributed by atoms with Gasteiger partial charge in [-0.1, -0.05) is 6.07 Å². The Bertz CT molecular complexity index is 1190. The fraction of sp³-hybridized carbons (Fsp3) is 0.300. The van der Waals surface area contributed by atoms with Crippen LogP contribution in [0.3, 0.4) is 0 Å². The number of aromatic nitrogens is 5.